The third kappa shape index (κ3) is 2.44. The van der Waals surface area contributed by atoms with E-state index < -0.39 is 15.8 Å². The van der Waals surface area contributed by atoms with Gasteiger partial charge in [-0.15, -0.1) is 0 Å². The summed E-state index contributed by atoms with van der Waals surface area (Å²) in [7, 11) is -1.81. The maximum absolute atomic E-state index is 13.4. The lowest BCUT2D eigenvalue weighted by molar-refractivity contribution is 0.135. The molecule has 2 saturated heterocycles. The van der Waals surface area contributed by atoms with E-state index in [1.165, 1.54) is 6.07 Å². The Morgan fingerprint density at radius 2 is 2.19 bits per heavy atom. The zero-order chi connectivity index (χ0) is 15.3. The minimum atomic E-state index is -3.81. The highest BCUT2D eigenvalue weighted by Gasteiger charge is 2.54. The number of hydrogen-bond acceptors (Lipinski definition) is 4. The van der Waals surface area contributed by atoms with Crippen molar-refractivity contribution < 1.29 is 12.8 Å². The highest BCUT2D eigenvalue weighted by molar-refractivity contribution is 7.89. The van der Waals surface area contributed by atoms with Crippen LogP contribution in [0.25, 0.3) is 0 Å². The SMILES string of the molecule is CN1CC2CC1(CNS(=O)(=O)c1cc(F)cc(C#N)c1)C2. The molecule has 0 atom stereocenters. The maximum Gasteiger partial charge on any atom is 0.240 e. The second-order valence-electron chi connectivity index (χ2n) is 5.99. The summed E-state index contributed by atoms with van der Waals surface area (Å²) in [6, 6.07) is 4.89. The number of sulfonamides is 1. The Morgan fingerprint density at radius 3 is 2.76 bits per heavy atom. The van der Waals surface area contributed by atoms with Gasteiger partial charge in [0.15, 0.2) is 0 Å². The molecule has 5 nitrogen and oxygen atoms in total. The normalized spacial score (nSPS) is 28.1. The van der Waals surface area contributed by atoms with Gasteiger partial charge in [-0.25, -0.2) is 17.5 Å². The molecule has 0 spiro atoms. The number of nitrogens with one attached hydrogen (secondary N) is 1. The molecule has 1 aromatic rings. The maximum atomic E-state index is 13.4. The van der Waals surface area contributed by atoms with Gasteiger partial charge in [0.2, 0.25) is 10.0 Å². The van der Waals surface area contributed by atoms with Crippen molar-refractivity contribution in [3.63, 3.8) is 0 Å². The van der Waals surface area contributed by atoms with Crippen molar-refractivity contribution in [2.24, 2.45) is 5.92 Å². The molecule has 1 N–H and O–H groups in total. The largest absolute Gasteiger partial charge is 0.299 e. The molecular weight excluding hydrogens is 293 g/mol. The monoisotopic (exact) mass is 309 g/mol. The lowest BCUT2D eigenvalue weighted by Crippen LogP contribution is -2.52. The smallest absolute Gasteiger partial charge is 0.240 e. The second-order valence-corrected chi connectivity index (χ2v) is 7.76. The highest BCUT2D eigenvalue weighted by atomic mass is 32.2. The van der Waals surface area contributed by atoms with Gasteiger partial charge in [-0.3, -0.25) is 4.90 Å². The average Bonchev–Trinajstić information content (AvgIpc) is 2.87. The Kier molecular flexibility index (Phi) is 3.28. The minimum absolute atomic E-state index is 0.00442. The molecule has 0 unspecified atom stereocenters. The third-order valence-corrected chi connectivity index (χ3v) is 5.96. The van der Waals surface area contributed by atoms with Crippen LogP contribution in [-0.4, -0.2) is 39.0 Å². The van der Waals surface area contributed by atoms with E-state index in [-0.39, 0.29) is 16.0 Å². The number of likely N-dealkylation sites (N-methyl/N-ethyl adjacent to an activating group) is 1. The molecule has 0 amide bonds. The van der Waals surface area contributed by atoms with E-state index >= 15 is 0 Å². The van der Waals surface area contributed by atoms with E-state index in [9.17, 15) is 12.8 Å². The summed E-state index contributed by atoms with van der Waals surface area (Å²) < 4.78 is 40.5. The van der Waals surface area contributed by atoms with Crippen LogP contribution >= 0.6 is 0 Å². The van der Waals surface area contributed by atoms with Gasteiger partial charge in [0.1, 0.15) is 5.82 Å². The van der Waals surface area contributed by atoms with Gasteiger partial charge in [0.25, 0.3) is 0 Å². The molecule has 0 aromatic heterocycles. The van der Waals surface area contributed by atoms with E-state index in [2.05, 4.69) is 9.62 Å². The molecule has 3 fully saturated rings. The first kappa shape index (κ1) is 14.4. The summed E-state index contributed by atoms with van der Waals surface area (Å²) in [5, 5.41) is 8.80. The first-order valence-electron chi connectivity index (χ1n) is 6.76. The van der Waals surface area contributed by atoms with Gasteiger partial charge in [-0.2, -0.15) is 5.26 Å². The fourth-order valence-electron chi connectivity index (χ4n) is 3.41. The topological polar surface area (TPSA) is 73.2 Å². The number of rotatable bonds is 4. The minimum Gasteiger partial charge on any atom is -0.299 e. The van der Waals surface area contributed by atoms with E-state index in [4.69, 9.17) is 5.26 Å². The van der Waals surface area contributed by atoms with Gasteiger partial charge in [-0.05, 0) is 44.0 Å². The third-order valence-electron chi connectivity index (χ3n) is 4.58. The average molecular weight is 309 g/mol. The Bertz CT molecular complexity index is 720. The molecule has 2 heterocycles. The summed E-state index contributed by atoms with van der Waals surface area (Å²) in [6.45, 7) is 1.32. The zero-order valence-corrected chi connectivity index (χ0v) is 12.5. The summed E-state index contributed by atoms with van der Waals surface area (Å²) in [5.74, 6) is -0.0619. The molecule has 1 aliphatic carbocycles. The summed E-state index contributed by atoms with van der Waals surface area (Å²) in [6.07, 6.45) is 2.00. The van der Waals surface area contributed by atoms with Crippen LogP contribution in [0.15, 0.2) is 23.1 Å². The molecule has 112 valence electrons. The van der Waals surface area contributed by atoms with Crippen LogP contribution in [0.4, 0.5) is 4.39 Å². The van der Waals surface area contributed by atoms with Crippen LogP contribution in [0.5, 0.6) is 0 Å². The predicted octanol–water partition coefficient (Wildman–Crippen LogP) is 1.07. The number of benzene rings is 1. The van der Waals surface area contributed by atoms with Crippen molar-refractivity contribution >= 4 is 10.0 Å². The lowest BCUT2D eigenvalue weighted by Gasteiger charge is -2.41. The van der Waals surface area contributed by atoms with Crippen molar-refractivity contribution in [2.75, 3.05) is 20.1 Å². The fourth-order valence-corrected chi connectivity index (χ4v) is 4.59. The van der Waals surface area contributed by atoms with Crippen molar-refractivity contribution in [2.45, 2.75) is 23.3 Å². The van der Waals surface area contributed by atoms with E-state index in [0.29, 0.717) is 12.5 Å². The highest BCUT2D eigenvalue weighted by Crippen LogP contribution is 2.49. The molecule has 7 heteroatoms. The molecule has 4 rings (SSSR count). The van der Waals surface area contributed by atoms with Crippen molar-refractivity contribution in [3.8, 4) is 6.07 Å². The molecular formula is C14H16FN3O2S. The quantitative estimate of drug-likeness (QED) is 0.903. The van der Waals surface area contributed by atoms with Gasteiger partial charge in [-0.1, -0.05) is 0 Å². The number of nitriles is 1. The van der Waals surface area contributed by atoms with Crippen LogP contribution in [-0.2, 0) is 10.0 Å². The number of hydrogen-bond donors (Lipinski definition) is 1. The predicted molar refractivity (Wildman–Crippen MR) is 74.4 cm³/mol. The second kappa shape index (κ2) is 4.77. The van der Waals surface area contributed by atoms with Crippen molar-refractivity contribution in [3.05, 3.63) is 29.6 Å². The van der Waals surface area contributed by atoms with Crippen LogP contribution in [0, 0.1) is 23.1 Å². The molecule has 0 radical (unpaired) electrons. The number of halogens is 1. The van der Waals surface area contributed by atoms with Crippen molar-refractivity contribution in [1.82, 2.24) is 9.62 Å². The van der Waals surface area contributed by atoms with Crippen LogP contribution in [0.2, 0.25) is 0 Å². The van der Waals surface area contributed by atoms with Gasteiger partial charge >= 0.3 is 0 Å². The molecule has 1 aromatic carbocycles. The first-order valence-corrected chi connectivity index (χ1v) is 8.25. The summed E-state index contributed by atoms with van der Waals surface area (Å²) in [5.41, 5.74) is -0.0985. The van der Waals surface area contributed by atoms with Gasteiger partial charge in [0.05, 0.1) is 16.5 Å². The number of fused-ring (bicyclic) bond motifs is 1. The Morgan fingerprint density at radius 1 is 1.48 bits per heavy atom. The molecule has 2 bridgehead atoms. The van der Waals surface area contributed by atoms with E-state index in [1.54, 1.807) is 6.07 Å². The first-order chi connectivity index (χ1) is 9.84. The van der Waals surface area contributed by atoms with Crippen LogP contribution in [0.3, 0.4) is 0 Å². The summed E-state index contributed by atoms with van der Waals surface area (Å²) >= 11 is 0. The number of nitrogens with zero attached hydrogens (tertiary/aromatic N) is 2. The summed E-state index contributed by atoms with van der Waals surface area (Å²) in [4.78, 5) is 1.99. The molecule has 2 aliphatic heterocycles. The lowest BCUT2D eigenvalue weighted by atomic mass is 9.73. The van der Waals surface area contributed by atoms with Crippen molar-refractivity contribution in [1.29, 1.82) is 5.26 Å². The standard InChI is InChI=1S/C14H16FN3O2S/c1-18-8-11-5-14(18,6-11)9-17-21(19,20)13-3-10(7-16)2-12(15)4-13/h2-4,11,17H,5-6,8-9H2,1H3. The molecule has 21 heavy (non-hydrogen) atoms. The van der Waals surface area contributed by atoms with Gasteiger partial charge in [0, 0.05) is 18.6 Å². The zero-order valence-electron chi connectivity index (χ0n) is 11.6. The molecule has 3 aliphatic rings. The Hall–Kier alpha value is -1.49. The Balaban J connectivity index is 1.79. The van der Waals surface area contributed by atoms with Crippen LogP contribution < -0.4 is 4.72 Å². The van der Waals surface area contributed by atoms with Gasteiger partial charge < -0.3 is 0 Å². The molecule has 1 saturated carbocycles. The van der Waals surface area contributed by atoms with E-state index in [1.807, 2.05) is 7.05 Å². The van der Waals surface area contributed by atoms with E-state index in [0.717, 1.165) is 31.5 Å². The van der Waals surface area contributed by atoms with Crippen LogP contribution in [0.1, 0.15) is 18.4 Å². The fraction of sp³-hybridized carbons (Fsp3) is 0.500. The Labute approximate surface area is 123 Å².